The monoisotopic (exact) mass is 833 g/mol. The predicted molar refractivity (Wildman–Crippen MR) is 200 cm³/mol. The first-order valence-corrected chi connectivity index (χ1v) is 18.6. The molecule has 2 aliphatic heterocycles. The predicted octanol–water partition coefficient (Wildman–Crippen LogP) is 8.39. The number of imide groups is 2. The number of aromatic nitrogens is 1. The number of amides is 4. The molecule has 0 bridgehead atoms. The molecule has 1 N–H and O–H groups in total. The Morgan fingerprint density at radius 2 is 1.50 bits per heavy atom. The number of phenols is 1. The molecule has 0 unspecified atom stereocenters. The number of carbonyl (C=O) groups excluding carboxylic acids is 4. The smallest absolute Gasteiger partial charge is 0.258 e. The topological polar surface area (TPSA) is 121 Å². The van der Waals surface area contributed by atoms with Crippen LogP contribution in [0, 0.1) is 46.8 Å². The van der Waals surface area contributed by atoms with Crippen LogP contribution in [-0.2, 0) is 25.6 Å². The number of para-hydroxylation sites is 3. The third-order valence-corrected chi connectivity index (χ3v) is 13.1. The second-order valence-electron chi connectivity index (χ2n) is 14.6. The first-order chi connectivity index (χ1) is 27.6. The number of carbonyl (C=O) groups is 4. The van der Waals surface area contributed by atoms with Gasteiger partial charge in [-0.15, -0.1) is 29.8 Å². The Balaban J connectivity index is 1.16. The first kappa shape index (κ1) is 37.7. The summed E-state index contributed by atoms with van der Waals surface area (Å²) in [6.07, 6.45) is 2.38. The molecule has 58 heavy (non-hydrogen) atoms. The van der Waals surface area contributed by atoms with E-state index in [0.717, 1.165) is 4.90 Å². The van der Waals surface area contributed by atoms with Gasteiger partial charge in [-0.3, -0.25) is 24.1 Å². The van der Waals surface area contributed by atoms with Crippen molar-refractivity contribution in [3.63, 3.8) is 0 Å². The minimum absolute atomic E-state index is 0.0755. The molecule has 1 saturated carbocycles. The average molecular weight is 835 g/mol. The minimum atomic E-state index is -2.78. The SMILES string of the molecule is C=CCc1cccc([C@H]2C3=CC[C@@H]4C(=O)N(c5ccc(-c6nc7ccccc7o6)cc5)C(=O)[C@@H]4[C@@H]3C[C@@]3(Cl)C(=O)N(c4c(F)c(F)c(F)c(F)c4F)C(=O)[C@@]23Cl)c1O. The van der Waals surface area contributed by atoms with Gasteiger partial charge in [-0.25, -0.2) is 31.8 Å². The maximum Gasteiger partial charge on any atom is 0.258 e. The summed E-state index contributed by atoms with van der Waals surface area (Å²) < 4.78 is 79.9. The number of phenolic OH excluding ortho intramolecular Hbond substituents is 1. The lowest BCUT2D eigenvalue weighted by atomic mass is 9.56. The van der Waals surface area contributed by atoms with Crippen LogP contribution in [0.25, 0.3) is 22.6 Å². The number of hydrogen-bond acceptors (Lipinski definition) is 7. The summed E-state index contributed by atoms with van der Waals surface area (Å²) in [7, 11) is 0. The van der Waals surface area contributed by atoms with Crippen molar-refractivity contribution in [2.45, 2.75) is 34.9 Å². The van der Waals surface area contributed by atoms with Crippen LogP contribution < -0.4 is 9.80 Å². The fourth-order valence-electron chi connectivity index (χ4n) is 9.08. The number of nitrogens with zero attached hydrogens (tertiary/aromatic N) is 3. The van der Waals surface area contributed by atoms with Crippen LogP contribution in [-0.4, -0.2) is 43.5 Å². The van der Waals surface area contributed by atoms with E-state index in [4.69, 9.17) is 27.6 Å². The number of anilines is 2. The Morgan fingerprint density at radius 1 is 0.828 bits per heavy atom. The van der Waals surface area contributed by atoms with Crippen molar-refractivity contribution in [2.24, 2.45) is 17.8 Å². The number of fused-ring (bicyclic) bond motifs is 5. The van der Waals surface area contributed by atoms with Crippen molar-refractivity contribution in [1.29, 1.82) is 0 Å². The average Bonchev–Trinajstić information content (AvgIpc) is 3.81. The van der Waals surface area contributed by atoms with Crippen LogP contribution in [0.5, 0.6) is 5.75 Å². The molecule has 6 atom stereocenters. The van der Waals surface area contributed by atoms with Gasteiger partial charge in [0, 0.05) is 17.0 Å². The van der Waals surface area contributed by atoms with E-state index in [1.165, 1.54) is 36.4 Å². The molecule has 0 spiro atoms. The van der Waals surface area contributed by atoms with Crippen molar-refractivity contribution in [3.05, 3.63) is 131 Å². The first-order valence-electron chi connectivity index (χ1n) is 17.9. The molecule has 3 fully saturated rings. The number of rotatable bonds is 6. The summed E-state index contributed by atoms with van der Waals surface area (Å²) in [5.41, 5.74) is 0.452. The van der Waals surface area contributed by atoms with Gasteiger partial charge in [0.1, 0.15) is 17.0 Å². The summed E-state index contributed by atoms with van der Waals surface area (Å²) in [6.45, 7) is 3.68. The van der Waals surface area contributed by atoms with Crippen LogP contribution in [0.1, 0.15) is 29.9 Å². The molecular weight excluding hydrogens is 808 g/mol. The zero-order chi connectivity index (χ0) is 41.2. The number of alkyl halides is 2. The lowest BCUT2D eigenvalue weighted by molar-refractivity contribution is -0.125. The zero-order valence-corrected chi connectivity index (χ0v) is 31.1. The molecule has 1 aromatic heterocycles. The maximum atomic E-state index is 15.4. The van der Waals surface area contributed by atoms with Gasteiger partial charge in [0.15, 0.2) is 38.6 Å². The van der Waals surface area contributed by atoms with E-state index in [1.54, 1.807) is 36.4 Å². The molecule has 2 aliphatic carbocycles. The van der Waals surface area contributed by atoms with Gasteiger partial charge in [0.2, 0.25) is 23.5 Å². The van der Waals surface area contributed by atoms with Gasteiger partial charge >= 0.3 is 0 Å². The van der Waals surface area contributed by atoms with Crippen LogP contribution >= 0.6 is 23.2 Å². The Bertz CT molecular complexity index is 2660. The van der Waals surface area contributed by atoms with Crippen molar-refractivity contribution in [2.75, 3.05) is 9.80 Å². The minimum Gasteiger partial charge on any atom is -0.507 e. The highest BCUT2D eigenvalue weighted by Gasteiger charge is 2.77. The molecule has 16 heteroatoms. The molecule has 4 aliphatic rings. The van der Waals surface area contributed by atoms with E-state index in [-0.39, 0.29) is 40.1 Å². The van der Waals surface area contributed by atoms with Crippen LogP contribution in [0.2, 0.25) is 0 Å². The highest BCUT2D eigenvalue weighted by molar-refractivity contribution is 6.58. The number of benzene rings is 4. The quantitative estimate of drug-likeness (QED) is 0.0456. The molecule has 9 nitrogen and oxygen atoms in total. The maximum absolute atomic E-state index is 15.4. The largest absolute Gasteiger partial charge is 0.507 e. The van der Waals surface area contributed by atoms with Gasteiger partial charge in [0.05, 0.1) is 17.5 Å². The van der Waals surface area contributed by atoms with Crippen LogP contribution in [0.4, 0.5) is 33.3 Å². The Kier molecular flexibility index (Phi) is 8.50. The third kappa shape index (κ3) is 4.90. The van der Waals surface area contributed by atoms with Gasteiger partial charge in [0.25, 0.3) is 11.8 Å². The van der Waals surface area contributed by atoms with Crippen LogP contribution in [0.3, 0.4) is 0 Å². The molecule has 2 saturated heterocycles. The highest BCUT2D eigenvalue weighted by atomic mass is 35.5. The molecule has 4 aromatic carbocycles. The highest BCUT2D eigenvalue weighted by Crippen LogP contribution is 2.67. The van der Waals surface area contributed by atoms with Gasteiger partial charge in [-0.1, -0.05) is 48.1 Å². The zero-order valence-electron chi connectivity index (χ0n) is 29.6. The number of hydrogen-bond donors (Lipinski definition) is 1. The van der Waals surface area contributed by atoms with Crippen molar-refractivity contribution < 1.29 is 50.7 Å². The van der Waals surface area contributed by atoms with E-state index < -0.39 is 104 Å². The summed E-state index contributed by atoms with van der Waals surface area (Å²) in [5, 5.41) is 11.6. The lowest BCUT2D eigenvalue weighted by Gasteiger charge is -2.50. The van der Waals surface area contributed by atoms with E-state index in [1.807, 2.05) is 6.07 Å². The number of oxazole rings is 1. The molecule has 5 aromatic rings. The molecule has 0 radical (unpaired) electrons. The Hall–Kier alpha value is -5.86. The van der Waals surface area contributed by atoms with Crippen molar-refractivity contribution >= 4 is 69.3 Å². The standard InChI is InChI=1S/C42H26Cl2F5N3O6/c1-2-6-18-7-5-8-23(35(18)53)28-21-15-16-22-27(38(55)51(37(22)54)20-13-11-19(12-14-20)36-50-25-9-3-4-10-26(25)58-36)24(21)17-41(43)39(56)52(40(57)42(28,41)44)34-32(48)30(46)29(45)31(47)33(34)49/h2-5,7-15,22,24,27-28,53H,1,6,16-17H2/t22-,24+,27-,28+,41+,42-/m0/s1. The van der Waals surface area contributed by atoms with Gasteiger partial charge in [-0.2, -0.15) is 0 Å². The van der Waals surface area contributed by atoms with Crippen LogP contribution in [0.15, 0.2) is 95.5 Å². The second kappa shape index (κ2) is 13.1. The van der Waals surface area contributed by atoms with E-state index in [0.29, 0.717) is 22.6 Å². The second-order valence-corrected chi connectivity index (χ2v) is 15.8. The van der Waals surface area contributed by atoms with E-state index >= 15 is 8.78 Å². The van der Waals surface area contributed by atoms with Crippen molar-refractivity contribution in [1.82, 2.24) is 4.98 Å². The molecule has 294 valence electrons. The normalized spacial score (nSPS) is 26.6. The Labute approximate surface area is 334 Å². The Morgan fingerprint density at radius 3 is 2.17 bits per heavy atom. The van der Waals surface area contributed by atoms with Crippen molar-refractivity contribution in [3.8, 4) is 17.2 Å². The fourth-order valence-corrected chi connectivity index (χ4v) is 10.0. The number of aromatic hydroxyl groups is 1. The number of halogens is 7. The summed E-state index contributed by atoms with van der Waals surface area (Å²) in [4.78, 5) is 57.4. The fraction of sp³-hybridized carbons (Fsp3) is 0.214. The molecule has 4 amide bonds. The lowest BCUT2D eigenvalue weighted by Crippen LogP contribution is -2.60. The summed E-state index contributed by atoms with van der Waals surface area (Å²) in [5.74, 6) is -22.1. The third-order valence-electron chi connectivity index (χ3n) is 11.7. The summed E-state index contributed by atoms with van der Waals surface area (Å²) >= 11 is 14.4. The molecular formula is C42H26Cl2F5N3O6. The molecule has 9 rings (SSSR count). The number of allylic oxidation sites excluding steroid dienone is 3. The van der Waals surface area contributed by atoms with Gasteiger partial charge in [-0.05, 0) is 67.1 Å². The van der Waals surface area contributed by atoms with Gasteiger partial charge < -0.3 is 9.52 Å². The van der Waals surface area contributed by atoms with E-state index in [2.05, 4.69) is 11.6 Å². The summed E-state index contributed by atoms with van der Waals surface area (Å²) in [6, 6.07) is 17.9. The molecule has 3 heterocycles. The van der Waals surface area contributed by atoms with E-state index in [9.17, 15) is 37.5 Å².